The predicted molar refractivity (Wildman–Crippen MR) is 121 cm³/mol. The summed E-state index contributed by atoms with van der Waals surface area (Å²) in [6, 6.07) is 4.02. The zero-order valence-corrected chi connectivity index (χ0v) is 18.7. The molecule has 3 atom stereocenters. The number of carboxylic acids is 3. The Bertz CT molecular complexity index is 669. The first-order chi connectivity index (χ1) is 14.8. The molecule has 1 aromatic rings. The molecule has 0 spiro atoms. The van der Waals surface area contributed by atoms with Gasteiger partial charge in [0.15, 0.2) is 0 Å². The summed E-state index contributed by atoms with van der Waals surface area (Å²) in [6.45, 7) is 4.50. The van der Waals surface area contributed by atoms with Gasteiger partial charge in [0, 0.05) is 0 Å². The van der Waals surface area contributed by atoms with Crippen molar-refractivity contribution in [1.82, 2.24) is 0 Å². The fourth-order valence-corrected chi connectivity index (χ4v) is 2.21. The van der Waals surface area contributed by atoms with E-state index in [1.165, 1.54) is 12.1 Å². The second-order valence-electron chi connectivity index (χ2n) is 7.62. The lowest BCUT2D eigenvalue weighted by Crippen LogP contribution is -2.32. The lowest BCUT2D eigenvalue weighted by molar-refractivity contribution is -0.139. The molecule has 0 aliphatic heterocycles. The van der Waals surface area contributed by atoms with Crippen LogP contribution in [0, 0.1) is 5.92 Å². The molecule has 32 heavy (non-hydrogen) atoms. The maximum absolute atomic E-state index is 10.4. The number of rotatable bonds is 11. The smallest absolute Gasteiger partial charge is 0.320 e. The summed E-state index contributed by atoms with van der Waals surface area (Å²) in [7, 11) is 0. The SMILES string of the molecule is CC(C)C[C@H](N)C(=O)O.NCCCC[C@H](N)C(=O)O.N[C@@H](Cc1ccc(O)cc1)C(=O)O. The van der Waals surface area contributed by atoms with Crippen LogP contribution in [0.1, 0.15) is 45.1 Å². The molecule has 0 radical (unpaired) electrons. The fraction of sp³-hybridized carbons (Fsp3) is 0.571. The number of hydrogen-bond acceptors (Lipinski definition) is 8. The third kappa shape index (κ3) is 18.1. The molecule has 1 aromatic carbocycles. The number of benzene rings is 1. The van der Waals surface area contributed by atoms with Crippen molar-refractivity contribution in [3.63, 3.8) is 0 Å². The average Bonchev–Trinajstić information content (AvgIpc) is 2.70. The molecular weight excluding hydrogens is 420 g/mol. The molecule has 0 saturated heterocycles. The zero-order chi connectivity index (χ0) is 25.3. The van der Waals surface area contributed by atoms with Crippen molar-refractivity contribution in [3.05, 3.63) is 29.8 Å². The topological polar surface area (TPSA) is 236 Å². The normalized spacial score (nSPS) is 13.0. The van der Waals surface area contributed by atoms with Gasteiger partial charge >= 0.3 is 17.9 Å². The summed E-state index contributed by atoms with van der Waals surface area (Å²) in [5.41, 5.74) is 21.8. The number of nitrogens with two attached hydrogens (primary N) is 4. The summed E-state index contributed by atoms with van der Waals surface area (Å²) in [5, 5.41) is 34.1. The third-order valence-electron chi connectivity index (χ3n) is 4.04. The minimum absolute atomic E-state index is 0.160. The van der Waals surface area contributed by atoms with Gasteiger partial charge in [-0.2, -0.15) is 0 Å². The summed E-state index contributed by atoms with van der Waals surface area (Å²) in [6.07, 6.45) is 2.99. The van der Waals surface area contributed by atoms with Crippen LogP contribution in [0.15, 0.2) is 24.3 Å². The molecule has 11 nitrogen and oxygen atoms in total. The summed E-state index contributed by atoms with van der Waals surface area (Å²) in [5.74, 6) is -2.35. The highest BCUT2D eigenvalue weighted by atomic mass is 16.4. The molecule has 0 aliphatic carbocycles. The van der Waals surface area contributed by atoms with E-state index in [9.17, 15) is 14.4 Å². The highest BCUT2D eigenvalue weighted by molar-refractivity contribution is 5.73. The van der Waals surface area contributed by atoms with Crippen LogP contribution >= 0.6 is 0 Å². The molecule has 0 aromatic heterocycles. The molecule has 0 aliphatic rings. The van der Waals surface area contributed by atoms with Crippen LogP contribution in [-0.2, 0) is 20.8 Å². The van der Waals surface area contributed by atoms with E-state index in [1.807, 2.05) is 13.8 Å². The van der Waals surface area contributed by atoms with Crippen molar-refractivity contribution >= 4 is 17.9 Å². The van der Waals surface area contributed by atoms with Crippen LogP contribution < -0.4 is 22.9 Å². The van der Waals surface area contributed by atoms with Crippen molar-refractivity contribution in [2.24, 2.45) is 28.9 Å². The maximum Gasteiger partial charge on any atom is 0.320 e. The highest BCUT2D eigenvalue weighted by Gasteiger charge is 2.12. The lowest BCUT2D eigenvalue weighted by atomic mass is 10.1. The summed E-state index contributed by atoms with van der Waals surface area (Å²) >= 11 is 0. The fourth-order valence-electron chi connectivity index (χ4n) is 2.21. The largest absolute Gasteiger partial charge is 0.508 e. The number of aliphatic carboxylic acids is 3. The van der Waals surface area contributed by atoms with E-state index < -0.39 is 36.0 Å². The Labute approximate surface area is 188 Å². The molecule has 0 unspecified atom stereocenters. The number of aromatic hydroxyl groups is 1. The van der Waals surface area contributed by atoms with Gasteiger partial charge in [0.25, 0.3) is 0 Å². The van der Waals surface area contributed by atoms with Crippen LogP contribution in [0.25, 0.3) is 0 Å². The number of carboxylic acid groups (broad SMARTS) is 3. The zero-order valence-electron chi connectivity index (χ0n) is 18.7. The number of phenolic OH excluding ortho intramolecular Hbond substituents is 1. The van der Waals surface area contributed by atoms with Crippen molar-refractivity contribution in [2.45, 2.75) is 64.1 Å². The van der Waals surface area contributed by atoms with Crippen LogP contribution in [-0.4, -0.2) is 63.0 Å². The molecule has 11 heteroatoms. The highest BCUT2D eigenvalue weighted by Crippen LogP contribution is 2.10. The van der Waals surface area contributed by atoms with Gasteiger partial charge in [-0.25, -0.2) is 0 Å². The maximum atomic E-state index is 10.4. The van der Waals surface area contributed by atoms with Crippen molar-refractivity contribution in [3.8, 4) is 5.75 Å². The van der Waals surface area contributed by atoms with E-state index in [0.29, 0.717) is 25.3 Å². The second kappa shape index (κ2) is 17.9. The summed E-state index contributed by atoms with van der Waals surface area (Å²) < 4.78 is 0. The van der Waals surface area contributed by atoms with Gasteiger partial charge in [0.05, 0.1) is 0 Å². The monoisotopic (exact) mass is 458 g/mol. The molecule has 0 heterocycles. The van der Waals surface area contributed by atoms with Gasteiger partial charge < -0.3 is 43.4 Å². The van der Waals surface area contributed by atoms with E-state index >= 15 is 0 Å². The van der Waals surface area contributed by atoms with E-state index in [1.54, 1.807) is 12.1 Å². The predicted octanol–water partition coefficient (Wildman–Crippen LogP) is 0.318. The number of unbranched alkanes of at least 4 members (excludes halogenated alkanes) is 1. The summed E-state index contributed by atoms with van der Waals surface area (Å²) in [4.78, 5) is 30.6. The first-order valence-corrected chi connectivity index (χ1v) is 10.2. The number of hydrogen-bond donors (Lipinski definition) is 8. The quantitative estimate of drug-likeness (QED) is 0.210. The average molecular weight is 459 g/mol. The molecule has 0 saturated carbocycles. The molecule has 12 N–H and O–H groups in total. The first kappa shape index (κ1) is 31.5. The number of phenols is 1. The first-order valence-electron chi connectivity index (χ1n) is 10.2. The van der Waals surface area contributed by atoms with Crippen molar-refractivity contribution in [2.75, 3.05) is 6.54 Å². The molecule has 184 valence electrons. The minimum atomic E-state index is -1.02. The molecular formula is C21H38N4O7. The Balaban J connectivity index is 0. The van der Waals surface area contributed by atoms with Gasteiger partial charge in [-0.05, 0) is 55.8 Å². The van der Waals surface area contributed by atoms with Crippen molar-refractivity contribution in [1.29, 1.82) is 0 Å². The standard InChI is InChI=1S/C9H11NO3.C6H14N2O2.C6H13NO2/c10-8(9(12)13)5-6-1-3-7(11)4-2-6;7-4-2-1-3-5(8)6(9)10;1-4(2)3-5(7)6(8)9/h1-4,8,11H,5,10H2,(H,12,13);5H,1-4,7-8H2,(H,9,10);4-5H,3,7H2,1-2H3,(H,8,9)/t8-;2*5-/m000/s1. The lowest BCUT2D eigenvalue weighted by Gasteiger charge is -2.07. The van der Waals surface area contributed by atoms with Crippen LogP contribution in [0.4, 0.5) is 0 Å². The van der Waals surface area contributed by atoms with Crippen molar-refractivity contribution < 1.29 is 34.8 Å². The Morgan fingerprint density at radius 2 is 1.28 bits per heavy atom. The van der Waals surface area contributed by atoms with E-state index in [4.69, 9.17) is 43.4 Å². The van der Waals surface area contributed by atoms with Crippen LogP contribution in [0.5, 0.6) is 5.75 Å². The van der Waals surface area contributed by atoms with E-state index in [2.05, 4.69) is 0 Å². The molecule has 0 bridgehead atoms. The second-order valence-corrected chi connectivity index (χ2v) is 7.62. The Hall–Kier alpha value is -2.73. The minimum Gasteiger partial charge on any atom is -0.508 e. The number of carbonyl (C=O) groups is 3. The van der Waals surface area contributed by atoms with E-state index in [-0.39, 0.29) is 12.2 Å². The van der Waals surface area contributed by atoms with Crippen LogP contribution in [0.2, 0.25) is 0 Å². The Morgan fingerprint density at radius 3 is 1.62 bits per heavy atom. The Kier molecular flexibility index (Phi) is 17.6. The molecule has 1 rings (SSSR count). The van der Waals surface area contributed by atoms with E-state index in [0.717, 1.165) is 18.4 Å². The van der Waals surface area contributed by atoms with Gasteiger partial charge in [-0.15, -0.1) is 0 Å². The third-order valence-corrected chi connectivity index (χ3v) is 4.04. The van der Waals surface area contributed by atoms with Gasteiger partial charge in [0.1, 0.15) is 23.9 Å². The molecule has 0 fully saturated rings. The Morgan fingerprint density at radius 1 is 0.812 bits per heavy atom. The molecule has 0 amide bonds. The van der Waals surface area contributed by atoms with Gasteiger partial charge in [-0.1, -0.05) is 32.4 Å². The van der Waals surface area contributed by atoms with Crippen LogP contribution in [0.3, 0.4) is 0 Å². The van der Waals surface area contributed by atoms with Gasteiger partial charge in [-0.3, -0.25) is 14.4 Å². The van der Waals surface area contributed by atoms with Gasteiger partial charge in [0.2, 0.25) is 0 Å².